The number of amides is 1. The number of anilines is 2. The molecule has 9 nitrogen and oxygen atoms in total. The number of nitrogens with one attached hydrogen (secondary N) is 2. The van der Waals surface area contributed by atoms with Crippen LogP contribution in [0.5, 0.6) is 17.2 Å². The largest absolute Gasteiger partial charge is 0.497 e. The van der Waals surface area contributed by atoms with Gasteiger partial charge in [-0.2, -0.15) is 0 Å². The molecule has 2 N–H and O–H groups in total. The number of Topliss-reactive ketones (excluding diaryl/α,β-unsaturated/α-hetero) is 1. The number of ketones is 1. The van der Waals surface area contributed by atoms with Crippen LogP contribution in [0.1, 0.15) is 59.1 Å². The van der Waals surface area contributed by atoms with Gasteiger partial charge in [-0.15, -0.1) is 0 Å². The molecular weight excluding hydrogens is 630 g/mol. The van der Waals surface area contributed by atoms with Crippen LogP contribution in [0.3, 0.4) is 0 Å². The van der Waals surface area contributed by atoms with Crippen molar-refractivity contribution in [2.45, 2.75) is 61.3 Å². The van der Waals surface area contributed by atoms with Crippen LogP contribution >= 0.6 is 0 Å². The third-order valence-corrected chi connectivity index (χ3v) is 6.40. The van der Waals surface area contributed by atoms with Crippen molar-refractivity contribution in [2.24, 2.45) is 4.99 Å². The Labute approximate surface area is 300 Å². The fourth-order valence-corrected chi connectivity index (χ4v) is 3.82. The summed E-state index contributed by atoms with van der Waals surface area (Å²) in [7, 11) is 4.91. The summed E-state index contributed by atoms with van der Waals surface area (Å²) in [6.07, 6.45) is 5.02. The van der Waals surface area contributed by atoms with Crippen LogP contribution < -0.4 is 24.8 Å². The SMILES string of the molecule is C=CC(=O)Nc1cc(OCCOC)ccc1NC(C)=N/C=C(/CC)C(=C)C.CC(C)=O.CCc1ccccc1.COc1cc(C)cc(OC)c1. The molecule has 0 unspecified atom stereocenters. The van der Waals surface area contributed by atoms with E-state index >= 15 is 0 Å². The normalized spacial score (nSPS) is 10.4. The third-order valence-electron chi connectivity index (χ3n) is 6.40. The number of hydrogen-bond donors (Lipinski definition) is 2. The molecule has 272 valence electrons. The number of aryl methyl sites for hydroxylation is 2. The molecule has 9 heteroatoms. The molecule has 1 amide bonds. The van der Waals surface area contributed by atoms with Gasteiger partial charge in [-0.3, -0.25) is 4.79 Å². The van der Waals surface area contributed by atoms with Gasteiger partial charge in [0.1, 0.15) is 35.5 Å². The molecule has 3 aromatic carbocycles. The fourth-order valence-electron chi connectivity index (χ4n) is 3.82. The van der Waals surface area contributed by atoms with Crippen molar-refractivity contribution in [1.29, 1.82) is 0 Å². The summed E-state index contributed by atoms with van der Waals surface area (Å²) in [6.45, 7) is 21.4. The second kappa shape index (κ2) is 26.8. The monoisotopic (exact) mass is 687 g/mol. The zero-order chi connectivity index (χ0) is 37.9. The number of aliphatic imine (C=N–C) groups is 1. The molecule has 0 aliphatic carbocycles. The van der Waals surface area contributed by atoms with Crippen molar-refractivity contribution in [1.82, 2.24) is 0 Å². The van der Waals surface area contributed by atoms with E-state index in [1.807, 2.05) is 57.2 Å². The summed E-state index contributed by atoms with van der Waals surface area (Å²) >= 11 is 0. The number of hydrogen-bond acceptors (Lipinski definition) is 7. The van der Waals surface area contributed by atoms with Crippen molar-refractivity contribution in [3.05, 3.63) is 114 Å². The summed E-state index contributed by atoms with van der Waals surface area (Å²) in [5.41, 5.74) is 5.90. The summed E-state index contributed by atoms with van der Waals surface area (Å²) in [6, 6.07) is 21.6. The minimum absolute atomic E-state index is 0.167. The first kappa shape index (κ1) is 44.9. The van der Waals surface area contributed by atoms with E-state index in [1.165, 1.54) is 25.5 Å². The quantitative estimate of drug-likeness (QED) is 0.0606. The van der Waals surface area contributed by atoms with E-state index < -0.39 is 0 Å². The number of carbonyl (C=O) groups excluding carboxylic acids is 2. The number of rotatable bonds is 13. The molecule has 0 aliphatic heterocycles. The molecule has 0 aromatic heterocycles. The van der Waals surface area contributed by atoms with Crippen LogP contribution in [-0.4, -0.2) is 52.1 Å². The van der Waals surface area contributed by atoms with Crippen molar-refractivity contribution in [2.75, 3.05) is 45.2 Å². The minimum atomic E-state index is -0.308. The van der Waals surface area contributed by atoms with Gasteiger partial charge in [0.05, 0.1) is 32.2 Å². The van der Waals surface area contributed by atoms with E-state index in [4.69, 9.17) is 18.9 Å². The number of benzene rings is 3. The second-order valence-corrected chi connectivity index (χ2v) is 11.0. The molecule has 0 radical (unpaired) electrons. The van der Waals surface area contributed by atoms with E-state index in [1.54, 1.807) is 33.6 Å². The summed E-state index contributed by atoms with van der Waals surface area (Å²) in [5, 5.41) is 5.97. The Balaban J connectivity index is 0.000000839. The first-order chi connectivity index (χ1) is 23.8. The highest BCUT2D eigenvalue weighted by Gasteiger charge is 2.08. The molecule has 3 rings (SSSR count). The van der Waals surface area contributed by atoms with Gasteiger partial charge in [0.15, 0.2) is 0 Å². The lowest BCUT2D eigenvalue weighted by Gasteiger charge is -2.14. The van der Waals surface area contributed by atoms with E-state index in [2.05, 4.69) is 66.9 Å². The van der Waals surface area contributed by atoms with Gasteiger partial charge < -0.3 is 34.4 Å². The van der Waals surface area contributed by atoms with Crippen molar-refractivity contribution in [3.8, 4) is 17.2 Å². The fraction of sp³-hybridized carbons (Fsp3) is 0.341. The molecule has 0 spiro atoms. The molecule has 0 bridgehead atoms. The predicted molar refractivity (Wildman–Crippen MR) is 209 cm³/mol. The Hall–Kier alpha value is -5.15. The molecule has 0 saturated heterocycles. The number of allylic oxidation sites excluding steroid dienone is 2. The van der Waals surface area contributed by atoms with Gasteiger partial charge in [0.2, 0.25) is 5.91 Å². The zero-order valence-electron chi connectivity index (χ0n) is 31.6. The number of amidine groups is 1. The predicted octanol–water partition coefficient (Wildman–Crippen LogP) is 9.39. The van der Waals surface area contributed by atoms with Gasteiger partial charge >= 0.3 is 0 Å². The first-order valence-electron chi connectivity index (χ1n) is 16.4. The van der Waals surface area contributed by atoms with Crippen LogP contribution in [0.25, 0.3) is 0 Å². The second-order valence-electron chi connectivity index (χ2n) is 11.0. The Morgan fingerprint density at radius 1 is 0.800 bits per heavy atom. The van der Waals surface area contributed by atoms with Gasteiger partial charge in [-0.1, -0.05) is 62.9 Å². The lowest BCUT2D eigenvalue weighted by atomic mass is 10.1. The van der Waals surface area contributed by atoms with Crippen LogP contribution in [0.2, 0.25) is 0 Å². The first-order valence-corrected chi connectivity index (χ1v) is 16.4. The van der Waals surface area contributed by atoms with E-state index in [0.29, 0.717) is 36.2 Å². The number of carbonyl (C=O) groups is 2. The van der Waals surface area contributed by atoms with Crippen LogP contribution in [-0.2, 0) is 20.7 Å². The molecule has 3 aromatic rings. The highest BCUT2D eigenvalue weighted by atomic mass is 16.5. The lowest BCUT2D eigenvalue weighted by molar-refractivity contribution is -0.115. The van der Waals surface area contributed by atoms with Crippen molar-refractivity contribution < 1.29 is 28.5 Å². The van der Waals surface area contributed by atoms with Crippen LogP contribution in [0.4, 0.5) is 11.4 Å². The highest BCUT2D eigenvalue weighted by Crippen LogP contribution is 2.28. The Kier molecular flexibility index (Phi) is 24.0. The van der Waals surface area contributed by atoms with E-state index in [-0.39, 0.29) is 11.7 Å². The molecule has 0 aliphatic rings. The summed E-state index contributed by atoms with van der Waals surface area (Å²) in [4.78, 5) is 25.6. The number of ether oxygens (including phenoxy) is 4. The van der Waals surface area contributed by atoms with Crippen LogP contribution in [0.15, 0.2) is 108 Å². The Morgan fingerprint density at radius 2 is 1.40 bits per heavy atom. The lowest BCUT2D eigenvalue weighted by Crippen LogP contribution is -2.13. The Morgan fingerprint density at radius 3 is 1.86 bits per heavy atom. The standard InChI is InChI=1S/C21H29N3O3.C9H12O2.C8H10.C3H6O/c1-7-17(15(3)4)14-22-16(5)23-19-10-9-18(27-12-11-26-6)13-20(19)24-21(25)8-2;1-7-4-8(10-2)6-9(5-7)11-3;1-2-8-6-4-3-5-7-8;1-3(2)4/h8-10,13-14H,2-3,7,11-12H2,1,4-6H3,(H,22,23)(H,24,25);4-6H,1-3H3;3-7H,2H2,1H3;1-2H3/b17-14-;;;. The highest BCUT2D eigenvalue weighted by molar-refractivity contribution is 6.04. The Bertz CT molecular complexity index is 1500. The molecule has 0 heterocycles. The zero-order valence-corrected chi connectivity index (χ0v) is 31.6. The molecular formula is C41H57N3O6. The van der Waals surface area contributed by atoms with Gasteiger partial charge in [0, 0.05) is 25.4 Å². The molecule has 0 atom stereocenters. The van der Waals surface area contributed by atoms with Crippen molar-refractivity contribution in [3.63, 3.8) is 0 Å². The maximum atomic E-state index is 11.8. The maximum absolute atomic E-state index is 11.8. The number of methoxy groups -OCH3 is 3. The third kappa shape index (κ3) is 21.0. The molecule has 0 fully saturated rings. The maximum Gasteiger partial charge on any atom is 0.247 e. The average Bonchev–Trinajstić information content (AvgIpc) is 3.09. The smallest absolute Gasteiger partial charge is 0.247 e. The molecule has 0 saturated carbocycles. The number of nitrogens with zero attached hydrogens (tertiary/aromatic N) is 1. The van der Waals surface area contributed by atoms with E-state index in [0.717, 1.165) is 41.1 Å². The van der Waals surface area contributed by atoms with Crippen LogP contribution in [0, 0.1) is 6.92 Å². The summed E-state index contributed by atoms with van der Waals surface area (Å²) < 4.78 is 20.7. The summed E-state index contributed by atoms with van der Waals surface area (Å²) in [5.74, 6) is 2.84. The topological polar surface area (TPSA) is 107 Å². The van der Waals surface area contributed by atoms with Gasteiger partial charge in [0.25, 0.3) is 0 Å². The van der Waals surface area contributed by atoms with E-state index in [9.17, 15) is 9.59 Å². The average molecular weight is 688 g/mol. The van der Waals surface area contributed by atoms with Crippen molar-refractivity contribution >= 4 is 28.9 Å². The minimum Gasteiger partial charge on any atom is -0.497 e. The molecule has 50 heavy (non-hydrogen) atoms. The van der Waals surface area contributed by atoms with Gasteiger partial charge in [-0.05, 0) is 94.5 Å². The van der Waals surface area contributed by atoms with Gasteiger partial charge in [-0.25, -0.2) is 4.99 Å².